The van der Waals surface area contributed by atoms with Crippen molar-refractivity contribution in [1.82, 2.24) is 5.32 Å². The molecule has 5 heteroatoms. The zero-order valence-electron chi connectivity index (χ0n) is 9.16. The number of ether oxygens (including phenoxy) is 1. The van der Waals surface area contributed by atoms with Crippen LogP contribution in [0, 0.1) is 0 Å². The van der Waals surface area contributed by atoms with E-state index >= 15 is 0 Å². The summed E-state index contributed by atoms with van der Waals surface area (Å²) in [7, 11) is 1.80. The van der Waals surface area contributed by atoms with E-state index in [1.54, 1.807) is 25.2 Å². The van der Waals surface area contributed by atoms with E-state index in [4.69, 9.17) is 21.4 Å². The van der Waals surface area contributed by atoms with Gasteiger partial charge in [0, 0.05) is 17.1 Å². The fraction of sp³-hybridized carbons (Fsp3) is 0.364. The second-order valence-electron chi connectivity index (χ2n) is 3.38. The lowest BCUT2D eigenvalue weighted by Gasteiger charge is -2.14. The van der Waals surface area contributed by atoms with Gasteiger partial charge in [-0.15, -0.1) is 0 Å². The Morgan fingerprint density at radius 1 is 1.62 bits per heavy atom. The number of carbonyl (C=O) groups is 1. The van der Waals surface area contributed by atoms with Crippen molar-refractivity contribution < 1.29 is 14.6 Å². The third-order valence-corrected chi connectivity index (χ3v) is 2.28. The first-order valence-electron chi connectivity index (χ1n) is 4.87. The Balaban J connectivity index is 2.89. The van der Waals surface area contributed by atoms with Gasteiger partial charge in [0.15, 0.2) is 6.10 Å². The van der Waals surface area contributed by atoms with Crippen LogP contribution in [0.1, 0.15) is 12.5 Å². The number of hydrogen-bond donors (Lipinski definition) is 2. The number of hydrogen-bond acceptors (Lipinski definition) is 3. The topological polar surface area (TPSA) is 58.6 Å². The lowest BCUT2D eigenvalue weighted by molar-refractivity contribution is -0.144. The summed E-state index contributed by atoms with van der Waals surface area (Å²) >= 11 is 5.85. The second kappa shape index (κ2) is 5.72. The van der Waals surface area contributed by atoms with Crippen LogP contribution in [0.15, 0.2) is 18.2 Å². The molecule has 0 fully saturated rings. The molecule has 0 aliphatic rings. The third-order valence-electron chi connectivity index (χ3n) is 2.04. The highest BCUT2D eigenvalue weighted by Crippen LogP contribution is 2.23. The van der Waals surface area contributed by atoms with Gasteiger partial charge in [0.1, 0.15) is 5.75 Å². The maximum atomic E-state index is 10.7. The van der Waals surface area contributed by atoms with Gasteiger partial charge in [0.2, 0.25) is 0 Å². The van der Waals surface area contributed by atoms with Gasteiger partial charge in [-0.3, -0.25) is 0 Å². The van der Waals surface area contributed by atoms with Crippen LogP contribution in [-0.2, 0) is 11.3 Å². The summed E-state index contributed by atoms with van der Waals surface area (Å²) in [5.41, 5.74) is 0.836. The maximum Gasteiger partial charge on any atom is 0.344 e. The highest BCUT2D eigenvalue weighted by Gasteiger charge is 2.14. The summed E-state index contributed by atoms with van der Waals surface area (Å²) in [6.07, 6.45) is -0.878. The molecule has 1 unspecified atom stereocenters. The molecule has 88 valence electrons. The van der Waals surface area contributed by atoms with Crippen molar-refractivity contribution >= 4 is 17.6 Å². The summed E-state index contributed by atoms with van der Waals surface area (Å²) in [4.78, 5) is 10.7. The normalized spacial score (nSPS) is 12.2. The van der Waals surface area contributed by atoms with Crippen molar-refractivity contribution in [2.75, 3.05) is 7.05 Å². The zero-order valence-corrected chi connectivity index (χ0v) is 9.91. The molecule has 0 bridgehead atoms. The van der Waals surface area contributed by atoms with Crippen LogP contribution in [-0.4, -0.2) is 24.2 Å². The lowest BCUT2D eigenvalue weighted by atomic mass is 10.2. The van der Waals surface area contributed by atoms with Crippen LogP contribution in [0.4, 0.5) is 0 Å². The van der Waals surface area contributed by atoms with E-state index in [0.29, 0.717) is 17.3 Å². The molecular weight excluding hydrogens is 230 g/mol. The highest BCUT2D eigenvalue weighted by molar-refractivity contribution is 6.30. The van der Waals surface area contributed by atoms with Crippen LogP contribution in [0.5, 0.6) is 5.75 Å². The van der Waals surface area contributed by atoms with E-state index in [9.17, 15) is 4.79 Å². The first-order valence-corrected chi connectivity index (χ1v) is 5.25. The molecule has 0 saturated heterocycles. The molecule has 1 atom stereocenters. The van der Waals surface area contributed by atoms with Gasteiger partial charge in [-0.25, -0.2) is 4.79 Å². The smallest absolute Gasteiger partial charge is 0.344 e. The van der Waals surface area contributed by atoms with Gasteiger partial charge >= 0.3 is 5.97 Å². The molecule has 0 aliphatic carbocycles. The number of nitrogens with one attached hydrogen (secondary N) is 1. The average molecular weight is 244 g/mol. The van der Waals surface area contributed by atoms with Crippen molar-refractivity contribution in [3.63, 3.8) is 0 Å². The molecule has 0 saturated carbocycles. The van der Waals surface area contributed by atoms with Crippen LogP contribution in [0.25, 0.3) is 0 Å². The molecule has 4 nitrogen and oxygen atoms in total. The number of rotatable bonds is 5. The van der Waals surface area contributed by atoms with Crippen LogP contribution < -0.4 is 10.1 Å². The first kappa shape index (κ1) is 12.8. The van der Waals surface area contributed by atoms with Gasteiger partial charge in [0.05, 0.1) is 0 Å². The molecular formula is C11H14ClNO3. The van der Waals surface area contributed by atoms with Crippen molar-refractivity contribution in [2.24, 2.45) is 0 Å². The molecule has 0 aromatic heterocycles. The van der Waals surface area contributed by atoms with Gasteiger partial charge in [-0.05, 0) is 32.2 Å². The average Bonchev–Trinajstić information content (AvgIpc) is 2.22. The third kappa shape index (κ3) is 3.40. The molecule has 0 heterocycles. The summed E-state index contributed by atoms with van der Waals surface area (Å²) in [5, 5.41) is 12.3. The van der Waals surface area contributed by atoms with E-state index in [2.05, 4.69) is 5.32 Å². The Bertz CT molecular complexity index is 381. The van der Waals surface area contributed by atoms with Crippen LogP contribution in [0.3, 0.4) is 0 Å². The number of carboxylic acid groups (broad SMARTS) is 1. The first-order chi connectivity index (χ1) is 7.54. The minimum atomic E-state index is -0.995. The second-order valence-corrected chi connectivity index (χ2v) is 3.82. The summed E-state index contributed by atoms with van der Waals surface area (Å²) in [6.45, 7) is 2.06. The van der Waals surface area contributed by atoms with Crippen molar-refractivity contribution in [2.45, 2.75) is 19.6 Å². The fourth-order valence-electron chi connectivity index (χ4n) is 1.23. The summed E-state index contributed by atoms with van der Waals surface area (Å²) in [5.74, 6) is -0.459. The Kier molecular flexibility index (Phi) is 4.58. The fourth-order valence-corrected chi connectivity index (χ4v) is 1.43. The van der Waals surface area contributed by atoms with E-state index in [1.807, 2.05) is 0 Å². The Morgan fingerprint density at radius 2 is 2.31 bits per heavy atom. The van der Waals surface area contributed by atoms with E-state index in [0.717, 1.165) is 5.56 Å². The van der Waals surface area contributed by atoms with Crippen molar-refractivity contribution in [1.29, 1.82) is 0 Å². The maximum absolute atomic E-state index is 10.7. The Hall–Kier alpha value is -1.26. The molecule has 0 spiro atoms. The SMILES string of the molecule is CNCc1cc(Cl)ccc1OC(C)C(=O)O. The van der Waals surface area contributed by atoms with Gasteiger partial charge in [0.25, 0.3) is 0 Å². The molecule has 1 aromatic carbocycles. The quantitative estimate of drug-likeness (QED) is 0.830. The largest absolute Gasteiger partial charge is 0.479 e. The predicted molar refractivity (Wildman–Crippen MR) is 61.9 cm³/mol. The molecule has 16 heavy (non-hydrogen) atoms. The molecule has 2 N–H and O–H groups in total. The number of aliphatic carboxylic acids is 1. The van der Waals surface area contributed by atoms with Gasteiger partial charge in [-0.1, -0.05) is 11.6 Å². The van der Waals surface area contributed by atoms with E-state index < -0.39 is 12.1 Å². The number of carboxylic acids is 1. The zero-order chi connectivity index (χ0) is 12.1. The van der Waals surface area contributed by atoms with Crippen LogP contribution >= 0.6 is 11.6 Å². The van der Waals surface area contributed by atoms with E-state index in [-0.39, 0.29) is 0 Å². The Morgan fingerprint density at radius 3 is 2.88 bits per heavy atom. The van der Waals surface area contributed by atoms with Gasteiger partial charge in [-0.2, -0.15) is 0 Å². The monoisotopic (exact) mass is 243 g/mol. The summed E-state index contributed by atoms with van der Waals surface area (Å²) in [6, 6.07) is 5.10. The lowest BCUT2D eigenvalue weighted by Crippen LogP contribution is -2.23. The molecule has 1 rings (SSSR count). The molecule has 0 radical (unpaired) electrons. The Labute approximate surface area is 99.2 Å². The van der Waals surface area contributed by atoms with Crippen molar-refractivity contribution in [3.05, 3.63) is 28.8 Å². The van der Waals surface area contributed by atoms with Crippen LogP contribution in [0.2, 0.25) is 5.02 Å². The van der Waals surface area contributed by atoms with Gasteiger partial charge < -0.3 is 15.2 Å². The number of halogens is 1. The standard InChI is InChI=1S/C11H14ClNO3/c1-7(11(14)15)16-10-4-3-9(12)5-8(10)6-13-2/h3-5,7,13H,6H2,1-2H3,(H,14,15). The summed E-state index contributed by atoms with van der Waals surface area (Å²) < 4.78 is 5.32. The van der Waals surface area contributed by atoms with Crippen molar-refractivity contribution in [3.8, 4) is 5.75 Å². The molecule has 1 aromatic rings. The molecule has 0 amide bonds. The highest BCUT2D eigenvalue weighted by atomic mass is 35.5. The minimum Gasteiger partial charge on any atom is -0.479 e. The molecule has 0 aliphatic heterocycles. The predicted octanol–water partition coefficient (Wildman–Crippen LogP) is 1.91. The van der Waals surface area contributed by atoms with E-state index in [1.165, 1.54) is 6.92 Å². The number of benzene rings is 1. The minimum absolute atomic E-state index is 0.536.